The number of esters is 1. The number of ketones is 1. The van der Waals surface area contributed by atoms with E-state index < -0.39 is 18.2 Å². The summed E-state index contributed by atoms with van der Waals surface area (Å²) in [5.41, 5.74) is 0. The van der Waals surface area contributed by atoms with E-state index in [4.69, 9.17) is 18.9 Å². The van der Waals surface area contributed by atoms with Gasteiger partial charge in [-0.1, -0.05) is 6.92 Å². The van der Waals surface area contributed by atoms with E-state index in [1.165, 1.54) is 6.92 Å². The van der Waals surface area contributed by atoms with Crippen LogP contribution in [0.5, 0.6) is 0 Å². The summed E-state index contributed by atoms with van der Waals surface area (Å²) in [6.07, 6.45) is -1.07. The first-order chi connectivity index (χ1) is 9.69. The molecular formula is C15H24O6. The van der Waals surface area contributed by atoms with Crippen molar-refractivity contribution in [1.29, 1.82) is 0 Å². The molecule has 5 atom stereocenters. The largest absolute Gasteiger partial charge is 0.459 e. The number of ether oxygens (including phenoxy) is 4. The van der Waals surface area contributed by atoms with E-state index in [1.54, 1.807) is 0 Å². The van der Waals surface area contributed by atoms with Gasteiger partial charge in [-0.2, -0.15) is 0 Å². The van der Waals surface area contributed by atoms with E-state index >= 15 is 0 Å². The lowest BCUT2D eigenvalue weighted by molar-refractivity contribution is -0.239. The van der Waals surface area contributed by atoms with Crippen LogP contribution in [-0.2, 0) is 28.5 Å². The Morgan fingerprint density at radius 2 is 1.81 bits per heavy atom. The van der Waals surface area contributed by atoms with Gasteiger partial charge < -0.3 is 23.7 Å². The molecule has 0 radical (unpaired) electrons. The lowest BCUT2D eigenvalue weighted by atomic mass is 9.91. The van der Waals surface area contributed by atoms with Crippen LogP contribution in [0.25, 0.3) is 0 Å². The van der Waals surface area contributed by atoms with E-state index in [9.17, 15) is 9.59 Å². The van der Waals surface area contributed by atoms with Gasteiger partial charge in [0.05, 0.1) is 12.5 Å². The second kappa shape index (κ2) is 6.02. The molecular weight excluding hydrogens is 276 g/mol. The molecule has 2 aliphatic heterocycles. The van der Waals surface area contributed by atoms with Crippen LogP contribution >= 0.6 is 0 Å². The van der Waals surface area contributed by atoms with Crippen molar-refractivity contribution in [2.75, 3.05) is 0 Å². The highest BCUT2D eigenvalue weighted by Crippen LogP contribution is 2.39. The zero-order valence-electron chi connectivity index (χ0n) is 13.3. The first-order valence-electron chi connectivity index (χ1n) is 7.39. The van der Waals surface area contributed by atoms with Crippen molar-refractivity contribution in [2.24, 2.45) is 5.92 Å². The summed E-state index contributed by atoms with van der Waals surface area (Å²) in [4.78, 5) is 22.7. The van der Waals surface area contributed by atoms with Crippen molar-refractivity contribution in [3.8, 4) is 0 Å². The zero-order valence-corrected chi connectivity index (χ0v) is 13.3. The van der Waals surface area contributed by atoms with E-state index in [-0.39, 0.29) is 42.7 Å². The van der Waals surface area contributed by atoms with Gasteiger partial charge >= 0.3 is 5.97 Å². The quantitative estimate of drug-likeness (QED) is 0.737. The Hall–Kier alpha value is -0.980. The summed E-state index contributed by atoms with van der Waals surface area (Å²) in [6.45, 7) is 8.94. The number of rotatable bonds is 4. The SMILES string of the molecule is CC(=O)CCC(=O)O[C@@H]1C(C)O[C@H]2OC(C)(C)OC2[C@H]1C. The molecule has 2 unspecified atom stereocenters. The third kappa shape index (κ3) is 3.81. The molecule has 120 valence electrons. The Labute approximate surface area is 125 Å². The van der Waals surface area contributed by atoms with Gasteiger partial charge in [-0.15, -0.1) is 0 Å². The second-order valence-electron chi connectivity index (χ2n) is 6.33. The predicted molar refractivity (Wildman–Crippen MR) is 73.3 cm³/mol. The van der Waals surface area contributed by atoms with Gasteiger partial charge in [0.15, 0.2) is 12.1 Å². The van der Waals surface area contributed by atoms with Crippen LogP contribution in [0.3, 0.4) is 0 Å². The third-order valence-electron chi connectivity index (χ3n) is 3.88. The molecule has 2 rings (SSSR count). The molecule has 0 bridgehead atoms. The molecule has 0 aromatic rings. The fourth-order valence-electron chi connectivity index (χ4n) is 2.81. The summed E-state index contributed by atoms with van der Waals surface area (Å²) in [5.74, 6) is -1.14. The second-order valence-corrected chi connectivity index (χ2v) is 6.33. The Morgan fingerprint density at radius 3 is 2.43 bits per heavy atom. The van der Waals surface area contributed by atoms with E-state index in [2.05, 4.69) is 0 Å². The molecule has 21 heavy (non-hydrogen) atoms. The lowest BCUT2D eigenvalue weighted by Crippen LogP contribution is -2.52. The minimum atomic E-state index is -0.698. The van der Waals surface area contributed by atoms with Crippen LogP contribution in [-0.4, -0.2) is 42.1 Å². The summed E-state index contributed by atoms with van der Waals surface area (Å²) in [6, 6.07) is 0. The van der Waals surface area contributed by atoms with Crippen molar-refractivity contribution in [3.05, 3.63) is 0 Å². The molecule has 2 aliphatic rings. The van der Waals surface area contributed by atoms with Crippen molar-refractivity contribution in [2.45, 2.75) is 77.8 Å². The van der Waals surface area contributed by atoms with Crippen LogP contribution < -0.4 is 0 Å². The van der Waals surface area contributed by atoms with Gasteiger partial charge in [-0.25, -0.2) is 0 Å². The molecule has 0 aromatic heterocycles. The van der Waals surface area contributed by atoms with Crippen LogP contribution in [0.2, 0.25) is 0 Å². The Bertz CT molecular complexity index is 418. The maximum atomic E-state index is 11.8. The van der Waals surface area contributed by atoms with E-state index in [1.807, 2.05) is 27.7 Å². The molecule has 0 N–H and O–H groups in total. The van der Waals surface area contributed by atoms with Gasteiger partial charge in [0.1, 0.15) is 18.0 Å². The van der Waals surface area contributed by atoms with Gasteiger partial charge in [-0.3, -0.25) is 4.79 Å². The molecule has 0 aliphatic carbocycles. The highest BCUT2D eigenvalue weighted by molar-refractivity contribution is 5.81. The van der Waals surface area contributed by atoms with Crippen LogP contribution in [0.15, 0.2) is 0 Å². The third-order valence-corrected chi connectivity index (χ3v) is 3.88. The minimum Gasteiger partial charge on any atom is -0.459 e. The summed E-state index contributed by atoms with van der Waals surface area (Å²) in [5, 5.41) is 0. The maximum Gasteiger partial charge on any atom is 0.306 e. The zero-order chi connectivity index (χ0) is 15.8. The van der Waals surface area contributed by atoms with E-state index in [0.29, 0.717) is 0 Å². The van der Waals surface area contributed by atoms with Gasteiger partial charge in [0, 0.05) is 12.3 Å². The van der Waals surface area contributed by atoms with Crippen LogP contribution in [0.1, 0.15) is 47.5 Å². The molecule has 6 nitrogen and oxygen atoms in total. The van der Waals surface area contributed by atoms with Crippen LogP contribution in [0, 0.1) is 5.92 Å². The molecule has 0 spiro atoms. The Morgan fingerprint density at radius 1 is 1.14 bits per heavy atom. The van der Waals surface area contributed by atoms with Gasteiger partial charge in [0.25, 0.3) is 0 Å². The average molecular weight is 300 g/mol. The first kappa shape index (κ1) is 16.4. The Balaban J connectivity index is 1.97. The number of Topliss-reactive ketones (excluding diaryl/α,β-unsaturated/α-hetero) is 1. The molecule has 0 aromatic carbocycles. The fraction of sp³-hybridized carbons (Fsp3) is 0.867. The fourth-order valence-corrected chi connectivity index (χ4v) is 2.81. The number of hydrogen-bond acceptors (Lipinski definition) is 6. The number of hydrogen-bond donors (Lipinski definition) is 0. The predicted octanol–water partition coefficient (Wildman–Crippen LogP) is 1.80. The molecule has 2 heterocycles. The van der Waals surface area contributed by atoms with Gasteiger partial charge in [-0.05, 0) is 27.7 Å². The monoisotopic (exact) mass is 300 g/mol. The topological polar surface area (TPSA) is 71.1 Å². The number of carbonyl (C=O) groups is 2. The highest BCUT2D eigenvalue weighted by atomic mass is 16.8. The summed E-state index contributed by atoms with van der Waals surface area (Å²) in [7, 11) is 0. The van der Waals surface area contributed by atoms with E-state index in [0.717, 1.165) is 0 Å². The number of carbonyl (C=O) groups excluding carboxylic acids is 2. The smallest absolute Gasteiger partial charge is 0.306 e. The molecule has 0 saturated carbocycles. The van der Waals surface area contributed by atoms with Crippen molar-refractivity contribution >= 4 is 11.8 Å². The summed E-state index contributed by atoms with van der Waals surface area (Å²) < 4.78 is 22.8. The lowest BCUT2D eigenvalue weighted by Gasteiger charge is -2.39. The normalized spacial score (nSPS) is 37.9. The van der Waals surface area contributed by atoms with Crippen molar-refractivity contribution < 1.29 is 28.5 Å². The van der Waals surface area contributed by atoms with Gasteiger partial charge in [0.2, 0.25) is 0 Å². The van der Waals surface area contributed by atoms with Crippen LogP contribution in [0.4, 0.5) is 0 Å². The summed E-state index contributed by atoms with van der Waals surface area (Å²) >= 11 is 0. The Kier molecular flexibility index (Phi) is 4.70. The average Bonchev–Trinajstić information content (AvgIpc) is 2.66. The minimum absolute atomic E-state index is 0.0257. The standard InChI is InChI=1S/C15H24O6/c1-8(16)6-7-11(17)19-12-9(2)13-14(18-10(12)3)21-15(4,5)20-13/h9-10,12-14H,6-7H2,1-5H3/t9-,10?,12-,13?,14-/m0/s1. The molecule has 2 saturated heterocycles. The first-order valence-corrected chi connectivity index (χ1v) is 7.39. The van der Waals surface area contributed by atoms with Crippen molar-refractivity contribution in [1.82, 2.24) is 0 Å². The molecule has 6 heteroatoms. The maximum absolute atomic E-state index is 11.8. The molecule has 2 fully saturated rings. The highest BCUT2D eigenvalue weighted by Gasteiger charge is 2.52. The van der Waals surface area contributed by atoms with Crippen molar-refractivity contribution in [3.63, 3.8) is 0 Å². The number of fused-ring (bicyclic) bond motifs is 1. The molecule has 0 amide bonds.